The summed E-state index contributed by atoms with van der Waals surface area (Å²) < 4.78 is 5.09. The fourth-order valence-electron chi connectivity index (χ4n) is 2.70. The number of nitrogens with zero attached hydrogens (tertiary/aromatic N) is 1. The van der Waals surface area contributed by atoms with Gasteiger partial charge in [0.1, 0.15) is 0 Å². The SMILES string of the molecule is Cc1ccc(C(=O)NCCCc2cn[nH]c2C)cc1NC(=O)c1ccco1. The Morgan fingerprint density at radius 2 is 2.04 bits per heavy atom. The van der Waals surface area contributed by atoms with Crippen molar-refractivity contribution in [3.8, 4) is 0 Å². The molecule has 0 unspecified atom stereocenters. The number of rotatable bonds is 7. The van der Waals surface area contributed by atoms with Gasteiger partial charge < -0.3 is 15.1 Å². The van der Waals surface area contributed by atoms with Crippen LogP contribution in [0.25, 0.3) is 0 Å². The summed E-state index contributed by atoms with van der Waals surface area (Å²) >= 11 is 0. The molecule has 0 spiro atoms. The van der Waals surface area contributed by atoms with Crippen LogP contribution < -0.4 is 10.6 Å². The lowest BCUT2D eigenvalue weighted by atomic mass is 10.1. The highest BCUT2D eigenvalue weighted by atomic mass is 16.3. The number of aryl methyl sites for hydroxylation is 3. The van der Waals surface area contributed by atoms with Crippen molar-refractivity contribution in [3.63, 3.8) is 0 Å². The molecular formula is C20H22N4O3. The van der Waals surface area contributed by atoms with Crippen molar-refractivity contribution < 1.29 is 14.0 Å². The molecule has 2 aromatic heterocycles. The van der Waals surface area contributed by atoms with Gasteiger partial charge in [-0.25, -0.2) is 0 Å². The van der Waals surface area contributed by atoms with Crippen molar-refractivity contribution in [3.05, 3.63) is 70.9 Å². The predicted molar refractivity (Wildman–Crippen MR) is 102 cm³/mol. The maximum atomic E-state index is 12.4. The average Bonchev–Trinajstić information content (AvgIpc) is 3.32. The van der Waals surface area contributed by atoms with Crippen LogP contribution in [-0.4, -0.2) is 28.6 Å². The van der Waals surface area contributed by atoms with Gasteiger partial charge >= 0.3 is 0 Å². The van der Waals surface area contributed by atoms with Crippen molar-refractivity contribution in [1.29, 1.82) is 0 Å². The van der Waals surface area contributed by atoms with Gasteiger partial charge in [0, 0.05) is 23.5 Å². The van der Waals surface area contributed by atoms with Gasteiger partial charge in [-0.3, -0.25) is 14.7 Å². The van der Waals surface area contributed by atoms with E-state index in [1.807, 2.05) is 26.1 Å². The molecule has 0 fully saturated rings. The summed E-state index contributed by atoms with van der Waals surface area (Å²) in [5, 5.41) is 12.6. The number of furan rings is 1. The van der Waals surface area contributed by atoms with E-state index in [1.165, 1.54) is 6.26 Å². The first-order valence-electron chi connectivity index (χ1n) is 8.77. The van der Waals surface area contributed by atoms with Crippen molar-refractivity contribution in [2.45, 2.75) is 26.7 Å². The van der Waals surface area contributed by atoms with E-state index in [0.717, 1.165) is 29.7 Å². The summed E-state index contributed by atoms with van der Waals surface area (Å²) in [6.45, 7) is 4.41. The summed E-state index contributed by atoms with van der Waals surface area (Å²) in [6.07, 6.45) is 4.92. The highest BCUT2D eigenvalue weighted by Crippen LogP contribution is 2.18. The fraction of sp³-hybridized carbons (Fsp3) is 0.250. The number of anilines is 1. The monoisotopic (exact) mass is 366 g/mol. The minimum Gasteiger partial charge on any atom is -0.459 e. The Balaban J connectivity index is 1.56. The van der Waals surface area contributed by atoms with Crippen molar-refractivity contribution in [2.75, 3.05) is 11.9 Å². The number of benzene rings is 1. The molecule has 1 aromatic carbocycles. The molecule has 0 atom stereocenters. The average molecular weight is 366 g/mol. The molecule has 2 amide bonds. The first-order valence-corrected chi connectivity index (χ1v) is 8.77. The molecule has 0 saturated carbocycles. The second kappa shape index (κ2) is 8.35. The van der Waals surface area contributed by atoms with E-state index in [4.69, 9.17) is 4.42 Å². The first-order chi connectivity index (χ1) is 13.0. The zero-order chi connectivity index (χ0) is 19.2. The third kappa shape index (κ3) is 4.63. The number of carbonyl (C=O) groups excluding carboxylic acids is 2. The molecule has 140 valence electrons. The second-order valence-electron chi connectivity index (χ2n) is 6.34. The molecule has 0 aliphatic heterocycles. The minimum atomic E-state index is -0.351. The third-order valence-electron chi connectivity index (χ3n) is 4.34. The Morgan fingerprint density at radius 3 is 2.74 bits per heavy atom. The van der Waals surface area contributed by atoms with E-state index in [0.29, 0.717) is 17.8 Å². The predicted octanol–water partition coefficient (Wildman–Crippen LogP) is 3.23. The van der Waals surface area contributed by atoms with Crippen LogP contribution in [0.5, 0.6) is 0 Å². The quantitative estimate of drug-likeness (QED) is 0.559. The molecule has 0 bridgehead atoms. The maximum Gasteiger partial charge on any atom is 0.291 e. The Hall–Kier alpha value is -3.35. The Bertz CT molecular complexity index is 929. The maximum absolute atomic E-state index is 12.4. The standard InChI is InChI=1S/C20H22N4O3/c1-13-7-8-15(11-17(13)23-20(26)18-6-4-10-27-18)19(25)21-9-3-5-16-12-22-24-14(16)2/h4,6-8,10-12H,3,5,9H2,1-2H3,(H,21,25)(H,22,24)(H,23,26). The lowest BCUT2D eigenvalue weighted by Crippen LogP contribution is -2.25. The van der Waals surface area contributed by atoms with Crippen molar-refractivity contribution in [1.82, 2.24) is 15.5 Å². The highest BCUT2D eigenvalue weighted by Gasteiger charge is 2.13. The van der Waals surface area contributed by atoms with Gasteiger partial charge in [-0.05, 0) is 62.1 Å². The summed E-state index contributed by atoms with van der Waals surface area (Å²) in [6, 6.07) is 8.46. The van der Waals surface area contributed by atoms with E-state index in [2.05, 4.69) is 20.8 Å². The molecule has 3 N–H and O–H groups in total. The van der Waals surface area contributed by atoms with Gasteiger partial charge in [0.25, 0.3) is 11.8 Å². The van der Waals surface area contributed by atoms with E-state index >= 15 is 0 Å². The van der Waals surface area contributed by atoms with E-state index in [-0.39, 0.29) is 17.6 Å². The molecular weight excluding hydrogens is 344 g/mol. The lowest BCUT2D eigenvalue weighted by Gasteiger charge is -2.10. The summed E-state index contributed by atoms with van der Waals surface area (Å²) in [4.78, 5) is 24.5. The summed E-state index contributed by atoms with van der Waals surface area (Å²) in [5.41, 5.74) is 4.15. The molecule has 7 heteroatoms. The number of aromatic amines is 1. The number of hydrogen-bond acceptors (Lipinski definition) is 4. The molecule has 2 heterocycles. The van der Waals surface area contributed by atoms with Crippen LogP contribution in [0.4, 0.5) is 5.69 Å². The van der Waals surface area contributed by atoms with Crippen LogP contribution in [-0.2, 0) is 6.42 Å². The lowest BCUT2D eigenvalue weighted by molar-refractivity contribution is 0.0951. The minimum absolute atomic E-state index is 0.174. The van der Waals surface area contributed by atoms with Crippen LogP contribution in [0.15, 0.2) is 47.2 Å². The zero-order valence-electron chi connectivity index (χ0n) is 15.3. The van der Waals surface area contributed by atoms with Crippen LogP contribution in [0.3, 0.4) is 0 Å². The Labute approximate surface area is 157 Å². The van der Waals surface area contributed by atoms with Gasteiger partial charge in [-0.2, -0.15) is 5.10 Å². The fourth-order valence-corrected chi connectivity index (χ4v) is 2.70. The molecule has 7 nitrogen and oxygen atoms in total. The van der Waals surface area contributed by atoms with Gasteiger partial charge in [-0.1, -0.05) is 6.07 Å². The number of hydrogen-bond donors (Lipinski definition) is 3. The number of nitrogens with one attached hydrogen (secondary N) is 3. The molecule has 3 aromatic rings. The highest BCUT2D eigenvalue weighted by molar-refractivity contribution is 6.03. The van der Waals surface area contributed by atoms with Gasteiger partial charge in [0.2, 0.25) is 0 Å². The van der Waals surface area contributed by atoms with Crippen molar-refractivity contribution >= 4 is 17.5 Å². The first kappa shape index (κ1) is 18.4. The van der Waals surface area contributed by atoms with Gasteiger partial charge in [0.15, 0.2) is 5.76 Å². The molecule has 0 aliphatic rings. The molecule has 3 rings (SSSR count). The number of aromatic nitrogens is 2. The number of H-pyrrole nitrogens is 1. The second-order valence-corrected chi connectivity index (χ2v) is 6.34. The summed E-state index contributed by atoms with van der Waals surface area (Å²) in [7, 11) is 0. The van der Waals surface area contributed by atoms with E-state index < -0.39 is 0 Å². The van der Waals surface area contributed by atoms with Crippen LogP contribution in [0.2, 0.25) is 0 Å². The Kier molecular flexibility index (Phi) is 5.71. The van der Waals surface area contributed by atoms with Gasteiger partial charge in [-0.15, -0.1) is 0 Å². The van der Waals surface area contributed by atoms with E-state index in [9.17, 15) is 9.59 Å². The Morgan fingerprint density at radius 1 is 1.19 bits per heavy atom. The van der Waals surface area contributed by atoms with Gasteiger partial charge in [0.05, 0.1) is 12.5 Å². The topological polar surface area (TPSA) is 100 Å². The van der Waals surface area contributed by atoms with Crippen LogP contribution >= 0.6 is 0 Å². The molecule has 0 radical (unpaired) electrons. The molecule has 0 aliphatic carbocycles. The number of amides is 2. The third-order valence-corrected chi connectivity index (χ3v) is 4.34. The number of carbonyl (C=O) groups is 2. The smallest absolute Gasteiger partial charge is 0.291 e. The van der Waals surface area contributed by atoms with Crippen LogP contribution in [0, 0.1) is 13.8 Å². The molecule has 0 saturated heterocycles. The summed E-state index contributed by atoms with van der Waals surface area (Å²) in [5.74, 6) is -0.303. The van der Waals surface area contributed by atoms with Crippen LogP contribution in [0.1, 0.15) is 44.2 Å². The molecule has 27 heavy (non-hydrogen) atoms. The van der Waals surface area contributed by atoms with Crippen molar-refractivity contribution in [2.24, 2.45) is 0 Å². The largest absolute Gasteiger partial charge is 0.459 e. The zero-order valence-corrected chi connectivity index (χ0v) is 15.3. The normalized spacial score (nSPS) is 10.6. The van der Waals surface area contributed by atoms with E-state index in [1.54, 1.807) is 24.3 Å².